The number of carbonyl (C=O) groups excluding carboxylic acids is 1. The Morgan fingerprint density at radius 3 is 2.23 bits per heavy atom. The van der Waals surface area contributed by atoms with E-state index in [1.807, 2.05) is 18.2 Å². The lowest BCUT2D eigenvalue weighted by atomic mass is 9.97. The van der Waals surface area contributed by atoms with Crippen molar-refractivity contribution in [3.63, 3.8) is 0 Å². The number of amides is 1. The Hall–Kier alpha value is -4.20. The molecule has 4 aromatic rings. The van der Waals surface area contributed by atoms with Crippen LogP contribution in [-0.4, -0.2) is 17.4 Å². The molecular formula is C27H21F4N3O. The highest BCUT2D eigenvalue weighted by Crippen LogP contribution is 2.32. The second kappa shape index (κ2) is 10.4. The molecule has 0 bridgehead atoms. The number of hydrogen-bond donors (Lipinski definition) is 2. The summed E-state index contributed by atoms with van der Waals surface area (Å²) in [5.74, 6) is -1.20. The van der Waals surface area contributed by atoms with Crippen molar-refractivity contribution in [1.29, 1.82) is 0 Å². The molecule has 4 nitrogen and oxygen atoms in total. The number of nitrogens with one attached hydrogen (secondary N) is 2. The van der Waals surface area contributed by atoms with Crippen molar-refractivity contribution >= 4 is 17.3 Å². The molecule has 0 aliphatic heterocycles. The monoisotopic (exact) mass is 479 g/mol. The van der Waals surface area contributed by atoms with Crippen LogP contribution in [0.4, 0.5) is 28.9 Å². The highest BCUT2D eigenvalue weighted by atomic mass is 19.4. The molecule has 3 aromatic carbocycles. The van der Waals surface area contributed by atoms with Gasteiger partial charge in [-0.15, -0.1) is 0 Å². The van der Waals surface area contributed by atoms with Crippen molar-refractivity contribution in [2.24, 2.45) is 0 Å². The van der Waals surface area contributed by atoms with Crippen LogP contribution in [0.3, 0.4) is 0 Å². The molecule has 178 valence electrons. The van der Waals surface area contributed by atoms with E-state index < -0.39 is 23.5 Å². The van der Waals surface area contributed by atoms with Crippen LogP contribution in [0.5, 0.6) is 0 Å². The number of pyridine rings is 1. The molecule has 0 spiro atoms. The van der Waals surface area contributed by atoms with Gasteiger partial charge in [0.05, 0.1) is 11.1 Å². The van der Waals surface area contributed by atoms with E-state index >= 15 is 0 Å². The van der Waals surface area contributed by atoms with Gasteiger partial charge in [-0.2, -0.15) is 13.2 Å². The van der Waals surface area contributed by atoms with Crippen molar-refractivity contribution in [3.8, 4) is 11.1 Å². The summed E-state index contributed by atoms with van der Waals surface area (Å²) in [6.07, 6.45) is -1.97. The lowest BCUT2D eigenvalue weighted by Gasteiger charge is -2.13. The summed E-state index contributed by atoms with van der Waals surface area (Å²) in [4.78, 5) is 17.2. The average Bonchev–Trinajstić information content (AvgIpc) is 2.85. The van der Waals surface area contributed by atoms with Crippen LogP contribution in [0.2, 0.25) is 0 Å². The molecule has 2 N–H and O–H groups in total. The van der Waals surface area contributed by atoms with Gasteiger partial charge in [0, 0.05) is 36.2 Å². The predicted molar refractivity (Wildman–Crippen MR) is 128 cm³/mol. The lowest BCUT2D eigenvalue weighted by molar-refractivity contribution is -0.137. The summed E-state index contributed by atoms with van der Waals surface area (Å²) in [6.45, 7) is 0.683. The highest BCUT2D eigenvalue weighted by molar-refractivity contribution is 6.08. The van der Waals surface area contributed by atoms with Gasteiger partial charge in [0.2, 0.25) is 0 Å². The summed E-state index contributed by atoms with van der Waals surface area (Å²) in [5, 5.41) is 5.99. The molecule has 0 atom stereocenters. The van der Waals surface area contributed by atoms with E-state index in [0.29, 0.717) is 23.4 Å². The first-order valence-electron chi connectivity index (χ1n) is 10.8. The number of benzene rings is 3. The number of anilines is 2. The number of rotatable bonds is 7. The molecule has 1 amide bonds. The quantitative estimate of drug-likeness (QED) is 0.286. The zero-order chi connectivity index (χ0) is 24.8. The van der Waals surface area contributed by atoms with E-state index in [2.05, 4.69) is 15.6 Å². The van der Waals surface area contributed by atoms with Crippen LogP contribution in [0.1, 0.15) is 21.6 Å². The van der Waals surface area contributed by atoms with Crippen molar-refractivity contribution in [2.45, 2.75) is 12.6 Å². The highest BCUT2D eigenvalue weighted by Gasteiger charge is 2.30. The van der Waals surface area contributed by atoms with Crippen LogP contribution in [0.25, 0.3) is 11.1 Å². The third kappa shape index (κ3) is 6.23. The van der Waals surface area contributed by atoms with Gasteiger partial charge in [-0.1, -0.05) is 24.3 Å². The molecule has 1 heterocycles. The Morgan fingerprint density at radius 2 is 1.57 bits per heavy atom. The maximum absolute atomic E-state index is 13.9. The summed E-state index contributed by atoms with van der Waals surface area (Å²) < 4.78 is 52.6. The van der Waals surface area contributed by atoms with Crippen molar-refractivity contribution in [3.05, 3.63) is 114 Å². The zero-order valence-corrected chi connectivity index (χ0v) is 18.4. The first kappa shape index (κ1) is 23.9. The van der Waals surface area contributed by atoms with E-state index in [1.165, 1.54) is 18.2 Å². The number of halogens is 4. The van der Waals surface area contributed by atoms with Gasteiger partial charge in [-0.3, -0.25) is 9.78 Å². The number of alkyl halides is 3. The zero-order valence-electron chi connectivity index (χ0n) is 18.4. The Balaban J connectivity index is 1.44. The fourth-order valence-electron chi connectivity index (χ4n) is 3.55. The normalized spacial score (nSPS) is 11.2. The molecule has 0 saturated carbocycles. The van der Waals surface area contributed by atoms with Gasteiger partial charge in [-0.25, -0.2) is 4.39 Å². The van der Waals surface area contributed by atoms with Crippen LogP contribution >= 0.6 is 0 Å². The summed E-state index contributed by atoms with van der Waals surface area (Å²) in [5.41, 5.74) is 2.23. The number of hydrogen-bond acceptors (Lipinski definition) is 3. The topological polar surface area (TPSA) is 54.0 Å². The Labute approximate surface area is 199 Å². The minimum atomic E-state index is -4.47. The largest absolute Gasteiger partial charge is 0.416 e. The van der Waals surface area contributed by atoms with E-state index in [4.69, 9.17) is 0 Å². The molecule has 0 saturated heterocycles. The predicted octanol–water partition coefficient (Wildman–Crippen LogP) is 6.81. The lowest BCUT2D eigenvalue weighted by Crippen LogP contribution is -2.14. The first-order valence-corrected chi connectivity index (χ1v) is 10.8. The van der Waals surface area contributed by atoms with E-state index in [1.54, 1.807) is 30.5 Å². The molecule has 0 aliphatic rings. The van der Waals surface area contributed by atoms with Gasteiger partial charge in [0.1, 0.15) is 5.82 Å². The Bertz CT molecular complexity index is 1290. The third-order valence-corrected chi connectivity index (χ3v) is 5.33. The molecule has 0 aliphatic carbocycles. The molecule has 0 fully saturated rings. The minimum Gasteiger partial charge on any atom is -0.385 e. The van der Waals surface area contributed by atoms with Crippen LogP contribution < -0.4 is 10.6 Å². The molecule has 0 unspecified atom stereocenters. The van der Waals surface area contributed by atoms with Crippen molar-refractivity contribution < 1.29 is 22.4 Å². The van der Waals surface area contributed by atoms with Gasteiger partial charge in [0.25, 0.3) is 5.91 Å². The van der Waals surface area contributed by atoms with E-state index in [0.717, 1.165) is 42.1 Å². The summed E-state index contributed by atoms with van der Waals surface area (Å²) in [7, 11) is 0. The van der Waals surface area contributed by atoms with E-state index in [-0.39, 0.29) is 5.56 Å². The van der Waals surface area contributed by atoms with Crippen LogP contribution in [0, 0.1) is 5.82 Å². The fourth-order valence-corrected chi connectivity index (χ4v) is 3.55. The first-order chi connectivity index (χ1) is 16.8. The van der Waals surface area contributed by atoms with Gasteiger partial charge < -0.3 is 10.6 Å². The van der Waals surface area contributed by atoms with Gasteiger partial charge in [-0.05, 0) is 71.8 Å². The third-order valence-electron chi connectivity index (χ3n) is 5.33. The summed E-state index contributed by atoms with van der Waals surface area (Å²) in [6, 6.07) is 20.7. The number of carbonyl (C=O) groups is 1. The minimum absolute atomic E-state index is 0.0160. The molecule has 4 rings (SSSR count). The molecule has 1 aromatic heterocycles. The second-order valence-corrected chi connectivity index (χ2v) is 7.79. The summed E-state index contributed by atoms with van der Waals surface area (Å²) >= 11 is 0. The van der Waals surface area contributed by atoms with Crippen molar-refractivity contribution in [2.75, 3.05) is 17.2 Å². The number of aromatic nitrogens is 1. The fraction of sp³-hybridized carbons (Fsp3) is 0.111. The van der Waals surface area contributed by atoms with Gasteiger partial charge in [0.15, 0.2) is 0 Å². The Morgan fingerprint density at radius 1 is 0.857 bits per heavy atom. The van der Waals surface area contributed by atoms with Crippen molar-refractivity contribution in [1.82, 2.24) is 4.98 Å². The maximum atomic E-state index is 13.9. The molecule has 8 heteroatoms. The number of nitrogens with zero attached hydrogens (tertiary/aromatic N) is 1. The SMILES string of the molecule is O=C(Nc1ccc(NCCc2ccccn2)cc1)c1cc(F)ccc1-c1ccc(C(F)(F)F)cc1. The second-order valence-electron chi connectivity index (χ2n) is 7.79. The van der Waals surface area contributed by atoms with E-state index in [9.17, 15) is 22.4 Å². The van der Waals surface area contributed by atoms with Gasteiger partial charge >= 0.3 is 6.18 Å². The molecular weight excluding hydrogens is 458 g/mol. The molecule has 0 radical (unpaired) electrons. The smallest absolute Gasteiger partial charge is 0.385 e. The van der Waals surface area contributed by atoms with Crippen LogP contribution in [-0.2, 0) is 12.6 Å². The Kier molecular flexibility index (Phi) is 7.10. The standard InChI is InChI=1S/C27H21F4N3O/c28-20-8-13-24(18-4-6-19(7-5-18)27(29,30)31)25(17-20)26(35)34-23-11-9-22(10-12-23)33-16-14-21-3-1-2-15-32-21/h1-13,15,17,33H,14,16H2,(H,34,35). The molecule has 35 heavy (non-hydrogen) atoms. The average molecular weight is 479 g/mol. The van der Waals surface area contributed by atoms with Crippen LogP contribution in [0.15, 0.2) is 91.1 Å². The maximum Gasteiger partial charge on any atom is 0.416 e.